The van der Waals surface area contributed by atoms with Crippen molar-refractivity contribution in [1.29, 1.82) is 0 Å². The zero-order valence-corrected chi connectivity index (χ0v) is 15.9. The summed E-state index contributed by atoms with van der Waals surface area (Å²) >= 11 is 5.86. The lowest BCUT2D eigenvalue weighted by molar-refractivity contribution is -0.130. The summed E-state index contributed by atoms with van der Waals surface area (Å²) < 4.78 is 11.1. The fourth-order valence-electron chi connectivity index (χ4n) is 1.90. The standard InChI is InChI=1S/C17H20ClN5O4/c1-4-26-14-7-11(5-6-13(14)27-10-15(24)23(2)3)8-19-21-12-9-20-22-17(25)16(12)18/h5-9H,4,10H2,1-3H3,(H2,21,22,25)/b19-8-. The average molecular weight is 394 g/mol. The van der Waals surface area contributed by atoms with E-state index in [1.807, 2.05) is 6.92 Å². The molecule has 0 saturated carbocycles. The molecule has 2 rings (SSSR count). The SMILES string of the molecule is CCOc1cc(/C=N\Nc2cn[nH]c(=O)c2Cl)ccc1OCC(=O)N(C)C. The van der Waals surface area contributed by atoms with Gasteiger partial charge in [0, 0.05) is 14.1 Å². The van der Waals surface area contributed by atoms with Gasteiger partial charge in [-0.15, -0.1) is 0 Å². The van der Waals surface area contributed by atoms with Crippen LogP contribution in [0.4, 0.5) is 5.69 Å². The lowest BCUT2D eigenvalue weighted by atomic mass is 10.2. The van der Waals surface area contributed by atoms with Crippen LogP contribution in [0.25, 0.3) is 0 Å². The molecule has 0 aliphatic carbocycles. The number of benzene rings is 1. The minimum Gasteiger partial charge on any atom is -0.490 e. The van der Waals surface area contributed by atoms with Gasteiger partial charge < -0.3 is 14.4 Å². The number of halogens is 1. The van der Waals surface area contributed by atoms with Gasteiger partial charge in [-0.3, -0.25) is 15.0 Å². The summed E-state index contributed by atoms with van der Waals surface area (Å²) in [6, 6.07) is 5.17. The van der Waals surface area contributed by atoms with E-state index in [1.165, 1.54) is 17.3 Å². The maximum atomic E-state index is 11.7. The second-order valence-electron chi connectivity index (χ2n) is 5.51. The Balaban J connectivity index is 2.11. The first-order valence-electron chi connectivity index (χ1n) is 8.04. The van der Waals surface area contributed by atoms with Crippen LogP contribution in [-0.2, 0) is 4.79 Å². The van der Waals surface area contributed by atoms with Crippen LogP contribution in [0.2, 0.25) is 5.02 Å². The Morgan fingerprint density at radius 3 is 2.85 bits per heavy atom. The molecule has 0 fully saturated rings. The molecule has 0 radical (unpaired) electrons. The molecule has 2 aromatic rings. The summed E-state index contributed by atoms with van der Waals surface area (Å²) in [6.45, 7) is 2.19. The van der Waals surface area contributed by atoms with E-state index in [9.17, 15) is 9.59 Å². The highest BCUT2D eigenvalue weighted by Crippen LogP contribution is 2.28. The molecule has 0 saturated heterocycles. The third kappa shape index (κ3) is 5.71. The lowest BCUT2D eigenvalue weighted by Gasteiger charge is -2.14. The van der Waals surface area contributed by atoms with E-state index < -0.39 is 5.56 Å². The molecule has 0 aliphatic heterocycles. The van der Waals surface area contributed by atoms with Crippen molar-refractivity contribution < 1.29 is 14.3 Å². The van der Waals surface area contributed by atoms with Crippen LogP contribution >= 0.6 is 11.6 Å². The number of aromatic nitrogens is 2. The summed E-state index contributed by atoms with van der Waals surface area (Å²) in [6.07, 6.45) is 2.88. The molecule has 9 nitrogen and oxygen atoms in total. The third-order valence-electron chi connectivity index (χ3n) is 3.31. The van der Waals surface area contributed by atoms with Crippen molar-refractivity contribution in [2.24, 2.45) is 5.10 Å². The van der Waals surface area contributed by atoms with Crippen molar-refractivity contribution in [3.8, 4) is 11.5 Å². The van der Waals surface area contributed by atoms with Crippen molar-refractivity contribution in [3.05, 3.63) is 45.3 Å². The zero-order chi connectivity index (χ0) is 19.8. The molecule has 10 heteroatoms. The predicted molar refractivity (Wildman–Crippen MR) is 103 cm³/mol. The second-order valence-corrected chi connectivity index (χ2v) is 5.89. The normalized spacial score (nSPS) is 10.7. The number of carbonyl (C=O) groups is 1. The second kappa shape index (κ2) is 9.58. The Kier molecular flexibility index (Phi) is 7.18. The molecule has 0 bridgehead atoms. The highest BCUT2D eigenvalue weighted by atomic mass is 35.5. The number of nitrogens with zero attached hydrogens (tertiary/aromatic N) is 3. The number of anilines is 1. The van der Waals surface area contributed by atoms with E-state index in [0.29, 0.717) is 23.7 Å². The molecular formula is C17H20ClN5O4. The Morgan fingerprint density at radius 2 is 2.15 bits per heavy atom. The van der Waals surface area contributed by atoms with Gasteiger partial charge in [-0.2, -0.15) is 10.2 Å². The third-order valence-corrected chi connectivity index (χ3v) is 3.69. The molecule has 0 atom stereocenters. The van der Waals surface area contributed by atoms with Gasteiger partial charge in [-0.1, -0.05) is 11.6 Å². The van der Waals surface area contributed by atoms with Crippen LogP contribution in [0.1, 0.15) is 12.5 Å². The number of nitrogens with one attached hydrogen (secondary N) is 2. The first-order chi connectivity index (χ1) is 12.9. The first kappa shape index (κ1) is 20.2. The largest absolute Gasteiger partial charge is 0.490 e. The van der Waals surface area contributed by atoms with Crippen LogP contribution in [0.15, 0.2) is 34.3 Å². The van der Waals surface area contributed by atoms with Crippen LogP contribution in [-0.4, -0.2) is 54.5 Å². The number of aromatic amines is 1. The van der Waals surface area contributed by atoms with Gasteiger partial charge in [-0.05, 0) is 30.7 Å². The highest BCUT2D eigenvalue weighted by molar-refractivity contribution is 6.32. The molecule has 27 heavy (non-hydrogen) atoms. The van der Waals surface area contributed by atoms with E-state index in [1.54, 1.807) is 32.3 Å². The Labute approximate surface area is 160 Å². The molecule has 1 aromatic carbocycles. The lowest BCUT2D eigenvalue weighted by Crippen LogP contribution is -2.27. The highest BCUT2D eigenvalue weighted by Gasteiger charge is 2.10. The number of hydrogen-bond donors (Lipinski definition) is 2. The van der Waals surface area contributed by atoms with Crippen LogP contribution < -0.4 is 20.5 Å². The first-order valence-corrected chi connectivity index (χ1v) is 8.42. The van der Waals surface area contributed by atoms with E-state index in [0.717, 1.165) is 0 Å². The fourth-order valence-corrected chi connectivity index (χ4v) is 2.03. The van der Waals surface area contributed by atoms with Gasteiger partial charge in [-0.25, -0.2) is 5.10 Å². The maximum Gasteiger partial charge on any atom is 0.285 e. The summed E-state index contributed by atoms with van der Waals surface area (Å²) in [5, 5.41) is 9.85. The predicted octanol–water partition coefficient (Wildman–Crippen LogP) is 1.73. The van der Waals surface area contributed by atoms with Gasteiger partial charge >= 0.3 is 0 Å². The number of amides is 1. The number of carbonyl (C=O) groups excluding carboxylic acids is 1. The topological polar surface area (TPSA) is 109 Å². The zero-order valence-electron chi connectivity index (χ0n) is 15.2. The van der Waals surface area contributed by atoms with Gasteiger partial charge in [0.2, 0.25) is 0 Å². The van der Waals surface area contributed by atoms with Gasteiger partial charge in [0.15, 0.2) is 18.1 Å². The van der Waals surface area contributed by atoms with Crippen molar-refractivity contribution in [2.45, 2.75) is 6.92 Å². The summed E-state index contributed by atoms with van der Waals surface area (Å²) in [5.74, 6) is 0.790. The fraction of sp³-hybridized carbons (Fsp3) is 0.294. The van der Waals surface area contributed by atoms with E-state index in [-0.39, 0.29) is 23.2 Å². The molecule has 1 aromatic heterocycles. The Bertz CT molecular complexity index is 882. The quantitative estimate of drug-likeness (QED) is 0.522. The monoisotopic (exact) mass is 393 g/mol. The minimum atomic E-state index is -0.510. The summed E-state index contributed by atoms with van der Waals surface area (Å²) in [4.78, 5) is 24.5. The van der Waals surface area contributed by atoms with E-state index in [4.69, 9.17) is 21.1 Å². The Morgan fingerprint density at radius 1 is 1.37 bits per heavy atom. The molecule has 1 heterocycles. The van der Waals surface area contributed by atoms with Crippen molar-refractivity contribution >= 4 is 29.4 Å². The van der Waals surface area contributed by atoms with E-state index in [2.05, 4.69) is 20.7 Å². The van der Waals surface area contributed by atoms with Crippen LogP contribution in [0.5, 0.6) is 11.5 Å². The number of likely N-dealkylation sites (N-methyl/N-ethyl adjacent to an activating group) is 1. The van der Waals surface area contributed by atoms with Gasteiger partial charge in [0.25, 0.3) is 11.5 Å². The van der Waals surface area contributed by atoms with E-state index >= 15 is 0 Å². The van der Waals surface area contributed by atoms with Crippen molar-refractivity contribution in [3.63, 3.8) is 0 Å². The number of hydrogen-bond acceptors (Lipinski definition) is 7. The molecule has 0 spiro atoms. The maximum absolute atomic E-state index is 11.7. The van der Waals surface area contributed by atoms with Crippen molar-refractivity contribution in [1.82, 2.24) is 15.1 Å². The average Bonchev–Trinajstić information content (AvgIpc) is 2.64. The van der Waals surface area contributed by atoms with Gasteiger partial charge in [0.05, 0.1) is 19.0 Å². The molecular weight excluding hydrogens is 374 g/mol. The molecule has 0 aliphatic rings. The van der Waals surface area contributed by atoms with Gasteiger partial charge in [0.1, 0.15) is 10.7 Å². The smallest absolute Gasteiger partial charge is 0.285 e. The number of rotatable bonds is 8. The molecule has 144 valence electrons. The Hall–Kier alpha value is -3.07. The van der Waals surface area contributed by atoms with Crippen molar-refractivity contribution in [2.75, 3.05) is 32.7 Å². The molecule has 2 N–H and O–H groups in total. The number of hydrazone groups is 1. The molecule has 1 amide bonds. The summed E-state index contributed by atoms with van der Waals surface area (Å²) in [5.41, 5.74) is 3.14. The number of H-pyrrole nitrogens is 1. The minimum absolute atomic E-state index is 0.0357. The summed E-state index contributed by atoms with van der Waals surface area (Å²) in [7, 11) is 3.31. The van der Waals surface area contributed by atoms with Crippen LogP contribution in [0, 0.1) is 0 Å². The number of ether oxygens (including phenoxy) is 2. The van der Waals surface area contributed by atoms with Crippen LogP contribution in [0.3, 0.4) is 0 Å². The molecule has 0 unspecified atom stereocenters.